The predicted molar refractivity (Wildman–Crippen MR) is 96.1 cm³/mol. The molecule has 1 aliphatic heterocycles. The minimum Gasteiger partial charge on any atom is -0.466 e. The van der Waals surface area contributed by atoms with Crippen LogP contribution in [0.15, 0.2) is 30.3 Å². The molecule has 1 atom stereocenters. The number of aryl methyl sites for hydroxylation is 1. The van der Waals surface area contributed by atoms with E-state index in [4.69, 9.17) is 9.47 Å². The zero-order valence-corrected chi connectivity index (χ0v) is 15.3. The first kappa shape index (κ1) is 19.4. The van der Waals surface area contributed by atoms with Gasteiger partial charge in [0.2, 0.25) is 5.91 Å². The molecule has 0 bridgehead atoms. The largest absolute Gasteiger partial charge is 0.466 e. The number of hydrogen-bond donors (Lipinski definition) is 0. The lowest BCUT2D eigenvalue weighted by Gasteiger charge is -2.41. The summed E-state index contributed by atoms with van der Waals surface area (Å²) in [6, 6.07) is 10.3. The first-order chi connectivity index (χ1) is 12.1. The van der Waals surface area contributed by atoms with Crippen LogP contribution < -0.4 is 0 Å². The molecule has 0 saturated carbocycles. The second-order valence-electron chi connectivity index (χ2n) is 6.69. The molecule has 1 amide bonds. The molecule has 5 heteroatoms. The van der Waals surface area contributed by atoms with Gasteiger partial charge in [0.1, 0.15) is 6.61 Å². The molecule has 138 valence electrons. The van der Waals surface area contributed by atoms with Crippen molar-refractivity contribution in [1.29, 1.82) is 0 Å². The number of methoxy groups -OCH3 is 1. The van der Waals surface area contributed by atoms with Gasteiger partial charge in [-0.05, 0) is 44.6 Å². The fourth-order valence-electron chi connectivity index (χ4n) is 3.59. The Hall–Kier alpha value is -1.88. The molecule has 0 N–H and O–H groups in total. The molecule has 0 aliphatic carbocycles. The lowest BCUT2D eigenvalue weighted by atomic mass is 9.75. The van der Waals surface area contributed by atoms with Crippen molar-refractivity contribution in [2.45, 2.75) is 39.0 Å². The summed E-state index contributed by atoms with van der Waals surface area (Å²) in [6.07, 6.45) is 4.15. The molecule has 1 aliphatic rings. The lowest BCUT2D eigenvalue weighted by Crippen LogP contribution is -2.51. The quantitative estimate of drug-likeness (QED) is 0.679. The van der Waals surface area contributed by atoms with Gasteiger partial charge in [0.15, 0.2) is 0 Å². The third-order valence-corrected chi connectivity index (χ3v) is 4.87. The van der Waals surface area contributed by atoms with Gasteiger partial charge in [-0.15, -0.1) is 0 Å². The molecule has 1 saturated heterocycles. The van der Waals surface area contributed by atoms with Crippen LogP contribution in [0.25, 0.3) is 0 Å². The number of carbonyl (C=O) groups is 2. The average Bonchev–Trinajstić information content (AvgIpc) is 2.63. The maximum absolute atomic E-state index is 12.7. The van der Waals surface area contributed by atoms with E-state index >= 15 is 0 Å². The summed E-state index contributed by atoms with van der Waals surface area (Å²) >= 11 is 0. The Morgan fingerprint density at radius 3 is 2.68 bits per heavy atom. The van der Waals surface area contributed by atoms with Gasteiger partial charge in [-0.2, -0.15) is 0 Å². The topological polar surface area (TPSA) is 55.8 Å². The summed E-state index contributed by atoms with van der Waals surface area (Å²) in [5, 5.41) is 0. The number of esters is 1. The molecule has 0 spiro atoms. The Morgan fingerprint density at radius 2 is 2.00 bits per heavy atom. The molecule has 2 rings (SSSR count). The minimum absolute atomic E-state index is 0.0565. The lowest BCUT2D eigenvalue weighted by molar-refractivity contribution is -0.162. The van der Waals surface area contributed by atoms with Crippen LogP contribution in [-0.4, -0.2) is 50.2 Å². The highest BCUT2D eigenvalue weighted by atomic mass is 16.5. The number of benzene rings is 1. The summed E-state index contributed by atoms with van der Waals surface area (Å²) in [5.41, 5.74) is 0.677. The van der Waals surface area contributed by atoms with Gasteiger partial charge in [0, 0.05) is 20.2 Å². The van der Waals surface area contributed by atoms with E-state index in [1.165, 1.54) is 12.7 Å². The van der Waals surface area contributed by atoms with Crippen molar-refractivity contribution in [1.82, 2.24) is 4.90 Å². The van der Waals surface area contributed by atoms with Crippen LogP contribution in [0.4, 0.5) is 0 Å². The van der Waals surface area contributed by atoms with E-state index in [1.54, 1.807) is 4.90 Å². The Labute approximate surface area is 150 Å². The normalized spacial score (nSPS) is 20.3. The number of likely N-dealkylation sites (tertiary alicyclic amines) is 1. The maximum Gasteiger partial charge on any atom is 0.313 e. The molecule has 0 radical (unpaired) electrons. The minimum atomic E-state index is -0.591. The molecule has 1 aromatic carbocycles. The van der Waals surface area contributed by atoms with Crippen LogP contribution in [0, 0.1) is 5.41 Å². The number of piperidine rings is 1. The van der Waals surface area contributed by atoms with E-state index < -0.39 is 5.41 Å². The van der Waals surface area contributed by atoms with Crippen molar-refractivity contribution in [3.8, 4) is 0 Å². The highest BCUT2D eigenvalue weighted by Crippen LogP contribution is 2.36. The second-order valence-corrected chi connectivity index (χ2v) is 6.69. The number of nitrogens with zero attached hydrogens (tertiary/aromatic N) is 1. The standard InChI is InChI=1S/C20H29NO4/c1-3-25-19(23)20(12-7-11-17-9-5-4-6-10-17)13-8-14-21(16-20)18(22)15-24-2/h4-6,9-10H,3,7-8,11-16H2,1-2H3. The number of rotatable bonds is 8. The predicted octanol–water partition coefficient (Wildman–Crippen LogP) is 2.83. The molecular weight excluding hydrogens is 318 g/mol. The summed E-state index contributed by atoms with van der Waals surface area (Å²) in [7, 11) is 1.51. The van der Waals surface area contributed by atoms with Crippen LogP contribution in [0.1, 0.15) is 38.2 Å². The molecule has 1 fully saturated rings. The molecule has 1 heterocycles. The Balaban J connectivity index is 2.05. The third-order valence-electron chi connectivity index (χ3n) is 4.87. The Kier molecular flexibility index (Phi) is 7.44. The Bertz CT molecular complexity index is 560. The maximum atomic E-state index is 12.7. The van der Waals surface area contributed by atoms with Gasteiger partial charge in [-0.3, -0.25) is 9.59 Å². The van der Waals surface area contributed by atoms with Crippen LogP contribution in [0.3, 0.4) is 0 Å². The van der Waals surface area contributed by atoms with E-state index in [9.17, 15) is 9.59 Å². The van der Waals surface area contributed by atoms with Gasteiger partial charge in [-0.25, -0.2) is 0 Å². The fraction of sp³-hybridized carbons (Fsp3) is 0.600. The van der Waals surface area contributed by atoms with Crippen LogP contribution in [0.2, 0.25) is 0 Å². The summed E-state index contributed by atoms with van der Waals surface area (Å²) in [5.74, 6) is -0.225. The first-order valence-electron chi connectivity index (χ1n) is 9.09. The van der Waals surface area contributed by atoms with Crippen molar-refractivity contribution in [3.63, 3.8) is 0 Å². The van der Waals surface area contributed by atoms with E-state index in [0.717, 1.165) is 32.1 Å². The van der Waals surface area contributed by atoms with E-state index in [-0.39, 0.29) is 18.5 Å². The monoisotopic (exact) mass is 347 g/mol. The van der Waals surface area contributed by atoms with Gasteiger partial charge >= 0.3 is 5.97 Å². The molecule has 0 aromatic heterocycles. The molecule has 5 nitrogen and oxygen atoms in total. The summed E-state index contributed by atoms with van der Waals surface area (Å²) in [4.78, 5) is 26.7. The van der Waals surface area contributed by atoms with Gasteiger partial charge < -0.3 is 14.4 Å². The van der Waals surface area contributed by atoms with E-state index in [0.29, 0.717) is 19.7 Å². The van der Waals surface area contributed by atoms with Crippen molar-refractivity contribution in [3.05, 3.63) is 35.9 Å². The second kappa shape index (κ2) is 9.56. The SMILES string of the molecule is CCOC(=O)C1(CCCc2ccccc2)CCCN(C(=O)COC)C1. The van der Waals surface area contributed by atoms with Crippen LogP contribution in [-0.2, 0) is 25.5 Å². The van der Waals surface area contributed by atoms with Crippen molar-refractivity contribution in [2.75, 3.05) is 33.4 Å². The third kappa shape index (κ3) is 5.30. The van der Waals surface area contributed by atoms with Gasteiger partial charge in [0.25, 0.3) is 0 Å². The molecule has 1 aromatic rings. The average molecular weight is 347 g/mol. The zero-order chi connectivity index (χ0) is 18.1. The van der Waals surface area contributed by atoms with Crippen LogP contribution >= 0.6 is 0 Å². The smallest absolute Gasteiger partial charge is 0.313 e. The van der Waals surface area contributed by atoms with Gasteiger partial charge in [-0.1, -0.05) is 30.3 Å². The first-order valence-corrected chi connectivity index (χ1v) is 9.09. The summed E-state index contributed by atoms with van der Waals surface area (Å²) < 4.78 is 10.3. The molecule has 25 heavy (non-hydrogen) atoms. The number of ether oxygens (including phenoxy) is 2. The Morgan fingerprint density at radius 1 is 1.24 bits per heavy atom. The van der Waals surface area contributed by atoms with E-state index in [1.807, 2.05) is 25.1 Å². The van der Waals surface area contributed by atoms with Crippen LogP contribution in [0.5, 0.6) is 0 Å². The van der Waals surface area contributed by atoms with Gasteiger partial charge in [0.05, 0.1) is 12.0 Å². The van der Waals surface area contributed by atoms with E-state index in [2.05, 4.69) is 12.1 Å². The summed E-state index contributed by atoms with van der Waals surface area (Å²) in [6.45, 7) is 3.37. The van der Waals surface area contributed by atoms with Crippen molar-refractivity contribution < 1.29 is 19.1 Å². The molecule has 1 unspecified atom stereocenters. The highest BCUT2D eigenvalue weighted by Gasteiger charge is 2.44. The number of carbonyl (C=O) groups excluding carboxylic acids is 2. The van der Waals surface area contributed by atoms with Crippen molar-refractivity contribution in [2.24, 2.45) is 5.41 Å². The zero-order valence-electron chi connectivity index (χ0n) is 15.3. The number of hydrogen-bond acceptors (Lipinski definition) is 4. The van der Waals surface area contributed by atoms with Crippen molar-refractivity contribution >= 4 is 11.9 Å². The highest BCUT2D eigenvalue weighted by molar-refractivity contribution is 5.81. The number of amides is 1. The molecular formula is C20H29NO4. The fourth-order valence-corrected chi connectivity index (χ4v) is 3.59.